The van der Waals surface area contributed by atoms with Crippen LogP contribution in [0.4, 0.5) is 0 Å². The summed E-state index contributed by atoms with van der Waals surface area (Å²) in [7, 11) is 0. The molecule has 3 aromatic carbocycles. The van der Waals surface area contributed by atoms with Gasteiger partial charge in [0.25, 0.3) is 5.91 Å². The number of para-hydroxylation sites is 1. The highest BCUT2D eigenvalue weighted by atomic mass is 32.2. The van der Waals surface area contributed by atoms with E-state index in [1.165, 1.54) is 16.7 Å². The van der Waals surface area contributed by atoms with Crippen LogP contribution in [0.5, 0.6) is 5.75 Å². The molecule has 3 aromatic rings. The molecule has 8 heteroatoms. The number of thioether (sulfide) groups is 1. The maximum Gasteiger partial charge on any atom is 0.334 e. The molecule has 3 atom stereocenters. The maximum atomic E-state index is 13.5. The van der Waals surface area contributed by atoms with Gasteiger partial charge in [-0.1, -0.05) is 85.4 Å². The Bertz CT molecular complexity index is 1250. The van der Waals surface area contributed by atoms with Crippen molar-refractivity contribution in [3.05, 3.63) is 114 Å². The van der Waals surface area contributed by atoms with Crippen LogP contribution in [-0.4, -0.2) is 52.5 Å². The molecule has 0 aromatic heterocycles. The number of hydrogen-bond donors (Lipinski definition) is 1. The Morgan fingerprint density at radius 2 is 1.51 bits per heavy atom. The SMILES string of the molecule is C=C1CSC2C(NC(=O)COc3ccccc3)C(=O)N2C1C(=O)OC(c1ccccc1)c1ccccc1. The lowest BCUT2D eigenvalue weighted by Gasteiger charge is -2.52. The number of ether oxygens (including phenoxy) is 2. The number of rotatable bonds is 8. The number of amides is 2. The molecule has 0 radical (unpaired) electrons. The fraction of sp³-hybridized carbons (Fsp3) is 0.207. The number of benzene rings is 3. The van der Waals surface area contributed by atoms with Crippen molar-refractivity contribution in [1.82, 2.24) is 10.2 Å². The molecule has 0 bridgehead atoms. The van der Waals surface area contributed by atoms with Crippen molar-refractivity contribution >= 4 is 29.5 Å². The molecule has 0 aliphatic carbocycles. The summed E-state index contributed by atoms with van der Waals surface area (Å²) in [5.41, 5.74) is 2.25. The predicted molar refractivity (Wildman–Crippen MR) is 141 cm³/mol. The zero-order chi connectivity index (χ0) is 25.8. The van der Waals surface area contributed by atoms with Gasteiger partial charge in [-0.25, -0.2) is 4.79 Å². The van der Waals surface area contributed by atoms with Crippen molar-refractivity contribution in [3.63, 3.8) is 0 Å². The first-order valence-electron chi connectivity index (χ1n) is 11.9. The minimum absolute atomic E-state index is 0.209. The van der Waals surface area contributed by atoms with E-state index < -0.39 is 30.1 Å². The third kappa shape index (κ3) is 5.24. The van der Waals surface area contributed by atoms with Crippen LogP contribution in [0.3, 0.4) is 0 Å². The largest absolute Gasteiger partial charge is 0.484 e. The van der Waals surface area contributed by atoms with E-state index in [0.717, 1.165) is 11.1 Å². The van der Waals surface area contributed by atoms with Gasteiger partial charge in [0.15, 0.2) is 18.8 Å². The summed E-state index contributed by atoms with van der Waals surface area (Å²) in [6.45, 7) is 3.84. The van der Waals surface area contributed by atoms with E-state index >= 15 is 0 Å². The Hall–Kier alpha value is -4.04. The van der Waals surface area contributed by atoms with Gasteiger partial charge >= 0.3 is 5.97 Å². The standard InChI is InChI=1S/C29H26N2O5S/c1-19-18-37-28-24(30-23(32)17-35-22-15-9-4-10-16-22)27(33)31(28)25(19)29(34)36-26(20-11-5-2-6-12-20)21-13-7-3-8-14-21/h2-16,24-26,28H,1,17-18H2,(H,30,32). The third-order valence-corrected chi connectivity index (χ3v) is 7.65. The second kappa shape index (κ2) is 10.9. The van der Waals surface area contributed by atoms with Crippen LogP contribution in [-0.2, 0) is 19.1 Å². The smallest absolute Gasteiger partial charge is 0.334 e. The van der Waals surface area contributed by atoms with Crippen LogP contribution < -0.4 is 10.1 Å². The molecular formula is C29H26N2O5S. The van der Waals surface area contributed by atoms with Crippen LogP contribution in [0.25, 0.3) is 0 Å². The quantitative estimate of drug-likeness (QED) is 0.280. The van der Waals surface area contributed by atoms with E-state index in [-0.39, 0.29) is 17.9 Å². The number of fused-ring (bicyclic) bond motifs is 1. The summed E-state index contributed by atoms with van der Waals surface area (Å²) in [6.07, 6.45) is -0.627. The summed E-state index contributed by atoms with van der Waals surface area (Å²) < 4.78 is 11.5. The Kier molecular flexibility index (Phi) is 7.28. The summed E-state index contributed by atoms with van der Waals surface area (Å²) >= 11 is 1.46. The van der Waals surface area contributed by atoms with Crippen molar-refractivity contribution < 1.29 is 23.9 Å². The molecule has 2 aliphatic heterocycles. The number of hydrogen-bond acceptors (Lipinski definition) is 6. The van der Waals surface area contributed by atoms with Gasteiger partial charge in [-0.2, -0.15) is 0 Å². The molecule has 2 aliphatic rings. The highest BCUT2D eigenvalue weighted by Crippen LogP contribution is 2.41. The fourth-order valence-corrected chi connectivity index (χ4v) is 5.77. The van der Waals surface area contributed by atoms with Gasteiger partial charge in [-0.05, 0) is 28.8 Å². The molecule has 2 saturated heterocycles. The molecule has 5 rings (SSSR count). The summed E-state index contributed by atoms with van der Waals surface area (Å²) in [5.74, 6) is -0.249. The molecular weight excluding hydrogens is 488 g/mol. The first-order chi connectivity index (χ1) is 18.0. The van der Waals surface area contributed by atoms with Crippen molar-refractivity contribution in [2.24, 2.45) is 0 Å². The highest BCUT2D eigenvalue weighted by Gasteiger charge is 2.56. The Balaban J connectivity index is 1.27. The van der Waals surface area contributed by atoms with E-state index in [2.05, 4.69) is 11.9 Å². The van der Waals surface area contributed by atoms with Gasteiger partial charge in [0, 0.05) is 5.75 Å². The molecule has 0 spiro atoms. The van der Waals surface area contributed by atoms with Crippen LogP contribution in [0.2, 0.25) is 0 Å². The van der Waals surface area contributed by atoms with Gasteiger partial charge in [-0.3, -0.25) is 9.59 Å². The first kappa shape index (κ1) is 24.6. The number of esters is 1. The zero-order valence-corrected chi connectivity index (χ0v) is 20.8. The van der Waals surface area contributed by atoms with Crippen LogP contribution in [0.15, 0.2) is 103 Å². The van der Waals surface area contributed by atoms with Gasteiger partial charge in [0.2, 0.25) is 5.91 Å². The number of carbonyl (C=O) groups is 3. The molecule has 3 unspecified atom stereocenters. The Labute approximate surface area is 219 Å². The number of β-lactam (4-membered cyclic amide) rings is 1. The van der Waals surface area contributed by atoms with Crippen LogP contribution in [0, 0.1) is 0 Å². The average Bonchev–Trinajstić information content (AvgIpc) is 2.94. The van der Waals surface area contributed by atoms with Crippen LogP contribution in [0.1, 0.15) is 17.2 Å². The third-order valence-electron chi connectivity index (χ3n) is 6.28. The van der Waals surface area contributed by atoms with Gasteiger partial charge in [0.05, 0.1) is 0 Å². The molecule has 37 heavy (non-hydrogen) atoms. The summed E-state index contributed by atoms with van der Waals surface area (Å²) in [6, 6.07) is 26.3. The Morgan fingerprint density at radius 1 is 0.946 bits per heavy atom. The van der Waals surface area contributed by atoms with E-state index in [9.17, 15) is 14.4 Å². The lowest BCUT2D eigenvalue weighted by Crippen LogP contribution is -2.75. The van der Waals surface area contributed by atoms with E-state index in [1.54, 1.807) is 12.1 Å². The Morgan fingerprint density at radius 3 is 2.11 bits per heavy atom. The summed E-state index contributed by atoms with van der Waals surface area (Å²) in [5, 5.41) is 2.36. The molecule has 7 nitrogen and oxygen atoms in total. The van der Waals surface area contributed by atoms with Crippen LogP contribution >= 0.6 is 11.8 Å². The lowest BCUT2D eigenvalue weighted by molar-refractivity contribution is -0.165. The molecule has 2 fully saturated rings. The van der Waals surface area contributed by atoms with Gasteiger partial charge in [-0.15, -0.1) is 11.8 Å². The maximum absolute atomic E-state index is 13.5. The number of carbonyl (C=O) groups excluding carboxylic acids is 3. The predicted octanol–water partition coefficient (Wildman–Crippen LogP) is 3.72. The molecule has 0 saturated carbocycles. The summed E-state index contributed by atoms with van der Waals surface area (Å²) in [4.78, 5) is 40.5. The average molecular weight is 515 g/mol. The van der Waals surface area contributed by atoms with Crippen molar-refractivity contribution in [3.8, 4) is 5.75 Å². The second-order valence-corrected chi connectivity index (χ2v) is 9.90. The van der Waals surface area contributed by atoms with Gasteiger partial charge in [0.1, 0.15) is 17.2 Å². The zero-order valence-electron chi connectivity index (χ0n) is 20.0. The monoisotopic (exact) mass is 514 g/mol. The lowest BCUT2D eigenvalue weighted by atomic mass is 9.97. The topological polar surface area (TPSA) is 84.9 Å². The normalized spacial score (nSPS) is 20.6. The molecule has 1 N–H and O–H groups in total. The minimum Gasteiger partial charge on any atom is -0.484 e. The highest BCUT2D eigenvalue weighted by molar-refractivity contribution is 8.00. The molecule has 188 valence electrons. The van der Waals surface area contributed by atoms with Crippen molar-refractivity contribution in [1.29, 1.82) is 0 Å². The van der Waals surface area contributed by atoms with E-state index in [1.807, 2.05) is 78.9 Å². The minimum atomic E-state index is -0.914. The first-order valence-corrected chi connectivity index (χ1v) is 13.0. The second-order valence-electron chi connectivity index (χ2n) is 8.79. The van der Waals surface area contributed by atoms with E-state index in [4.69, 9.17) is 9.47 Å². The molecule has 2 amide bonds. The number of nitrogens with zero attached hydrogens (tertiary/aromatic N) is 1. The van der Waals surface area contributed by atoms with Crippen molar-refractivity contribution in [2.45, 2.75) is 23.6 Å². The van der Waals surface area contributed by atoms with Crippen molar-refractivity contribution in [2.75, 3.05) is 12.4 Å². The molecule has 2 heterocycles. The van der Waals surface area contributed by atoms with Gasteiger partial charge < -0.3 is 19.7 Å². The van der Waals surface area contributed by atoms with E-state index in [0.29, 0.717) is 17.1 Å². The number of nitrogens with one attached hydrogen (secondary N) is 1. The fourth-order valence-electron chi connectivity index (χ4n) is 4.46.